The van der Waals surface area contributed by atoms with E-state index in [9.17, 15) is 4.79 Å². The number of fused-ring (bicyclic) bond motifs is 2. The van der Waals surface area contributed by atoms with E-state index >= 15 is 0 Å². The number of nitrogens with two attached hydrogens (primary N) is 1. The van der Waals surface area contributed by atoms with Crippen molar-refractivity contribution >= 4 is 23.5 Å². The number of likely N-dealkylation sites (N-methyl/N-ethyl adjacent to an activating group) is 1. The lowest BCUT2D eigenvalue weighted by molar-refractivity contribution is -0.133. The Balaban J connectivity index is 1.93. The van der Waals surface area contributed by atoms with Crippen LogP contribution in [-0.2, 0) is 10.3 Å². The molecule has 0 fully saturated rings. The first-order valence-electron chi connectivity index (χ1n) is 8.45. The van der Waals surface area contributed by atoms with Gasteiger partial charge in [0, 0.05) is 24.1 Å². The van der Waals surface area contributed by atoms with Gasteiger partial charge < -0.3 is 10.5 Å². The minimum absolute atomic E-state index is 0.129. The molecule has 2 aromatic rings. The van der Waals surface area contributed by atoms with Gasteiger partial charge in [0.1, 0.15) is 11.4 Å². The summed E-state index contributed by atoms with van der Waals surface area (Å²) in [5.74, 6) is 0.759. The summed E-state index contributed by atoms with van der Waals surface area (Å²) >= 11 is 6.13. The van der Waals surface area contributed by atoms with Gasteiger partial charge in [-0.05, 0) is 49.2 Å². The molecule has 0 bridgehead atoms. The molecular weight excluding hydrogens is 350 g/mol. The highest BCUT2D eigenvalue weighted by Crippen LogP contribution is 2.49. The van der Waals surface area contributed by atoms with Gasteiger partial charge in [-0.15, -0.1) is 0 Å². The normalized spacial score (nSPS) is 23.6. The SMILES string of the molecule is CN1C(=O)[C@]2(CC(C)(C)Oc3ccc(-c4cccc(Cl)c4)cc32)N=C1N. The number of guanidine groups is 1. The zero-order chi connectivity index (χ0) is 18.7. The number of hydrogen-bond acceptors (Lipinski definition) is 4. The number of carbonyl (C=O) groups excluding carboxylic acids is 1. The first-order valence-corrected chi connectivity index (χ1v) is 8.83. The van der Waals surface area contributed by atoms with Gasteiger partial charge in [0.2, 0.25) is 0 Å². The first kappa shape index (κ1) is 16.9. The van der Waals surface area contributed by atoms with Crippen molar-refractivity contribution in [1.82, 2.24) is 4.90 Å². The van der Waals surface area contributed by atoms with E-state index in [0.717, 1.165) is 16.7 Å². The zero-order valence-electron chi connectivity index (χ0n) is 14.9. The van der Waals surface area contributed by atoms with Crippen molar-refractivity contribution in [2.24, 2.45) is 10.7 Å². The van der Waals surface area contributed by atoms with Crippen LogP contribution in [0.25, 0.3) is 11.1 Å². The average Bonchev–Trinajstić information content (AvgIpc) is 2.78. The Hall–Kier alpha value is -2.53. The van der Waals surface area contributed by atoms with Crippen molar-refractivity contribution in [3.05, 3.63) is 53.1 Å². The summed E-state index contributed by atoms with van der Waals surface area (Å²) in [4.78, 5) is 19.1. The highest BCUT2D eigenvalue weighted by Gasteiger charge is 2.55. The van der Waals surface area contributed by atoms with Crippen molar-refractivity contribution in [1.29, 1.82) is 0 Å². The molecule has 4 rings (SSSR count). The van der Waals surface area contributed by atoms with Crippen LogP contribution in [0.4, 0.5) is 0 Å². The van der Waals surface area contributed by atoms with Crippen molar-refractivity contribution < 1.29 is 9.53 Å². The van der Waals surface area contributed by atoms with Gasteiger partial charge in [0.25, 0.3) is 5.91 Å². The van der Waals surface area contributed by atoms with Gasteiger partial charge in [-0.25, -0.2) is 4.99 Å². The summed E-state index contributed by atoms with van der Waals surface area (Å²) in [6, 6.07) is 13.4. The summed E-state index contributed by atoms with van der Waals surface area (Å²) in [7, 11) is 1.65. The minimum Gasteiger partial charge on any atom is -0.487 e. The molecular formula is C20H20ClN3O2. The van der Waals surface area contributed by atoms with Gasteiger partial charge in [0.15, 0.2) is 11.5 Å². The molecule has 1 spiro atoms. The molecule has 0 aliphatic carbocycles. The molecule has 2 N–H and O–H groups in total. The lowest BCUT2D eigenvalue weighted by Gasteiger charge is -2.41. The summed E-state index contributed by atoms with van der Waals surface area (Å²) in [6.45, 7) is 3.92. The Labute approximate surface area is 157 Å². The second kappa shape index (κ2) is 5.48. The number of carbonyl (C=O) groups is 1. The molecule has 6 heteroatoms. The lowest BCUT2D eigenvalue weighted by Crippen LogP contribution is -2.49. The number of benzene rings is 2. The van der Waals surface area contributed by atoms with E-state index in [4.69, 9.17) is 22.1 Å². The van der Waals surface area contributed by atoms with Crippen LogP contribution in [0.5, 0.6) is 5.75 Å². The number of aliphatic imine (C=N–C) groups is 1. The van der Waals surface area contributed by atoms with Crippen molar-refractivity contribution in [3.63, 3.8) is 0 Å². The maximum atomic E-state index is 13.1. The molecule has 5 nitrogen and oxygen atoms in total. The summed E-state index contributed by atoms with van der Waals surface area (Å²) in [5.41, 5.74) is 7.06. The predicted octanol–water partition coefficient (Wildman–Crippen LogP) is 3.55. The zero-order valence-corrected chi connectivity index (χ0v) is 15.7. The molecule has 2 aromatic carbocycles. The van der Waals surface area contributed by atoms with Crippen LogP contribution in [0.2, 0.25) is 5.02 Å². The van der Waals surface area contributed by atoms with E-state index in [2.05, 4.69) is 4.99 Å². The molecule has 0 saturated heterocycles. The van der Waals surface area contributed by atoms with Crippen LogP contribution >= 0.6 is 11.6 Å². The Morgan fingerprint density at radius 3 is 2.58 bits per heavy atom. The van der Waals surface area contributed by atoms with Gasteiger partial charge in [-0.2, -0.15) is 0 Å². The Morgan fingerprint density at radius 1 is 1.19 bits per heavy atom. The number of ether oxygens (including phenoxy) is 1. The quantitative estimate of drug-likeness (QED) is 0.835. The van der Waals surface area contributed by atoms with Gasteiger partial charge >= 0.3 is 0 Å². The number of halogens is 1. The third-order valence-corrected chi connectivity index (χ3v) is 5.19. The largest absolute Gasteiger partial charge is 0.487 e. The van der Waals surface area contributed by atoms with Crippen LogP contribution in [0, 0.1) is 0 Å². The standard InChI is InChI=1S/C20H20ClN3O2/c1-19(2)11-20(17(25)24(3)18(22)23-20)15-10-13(7-8-16(15)26-19)12-5-4-6-14(21)9-12/h4-10H,11H2,1-3H3,(H2,22,23)/t20-/m1/s1. The van der Waals surface area contributed by atoms with Crippen molar-refractivity contribution in [2.45, 2.75) is 31.4 Å². The molecule has 1 amide bonds. The summed E-state index contributed by atoms with van der Waals surface area (Å²) in [6.07, 6.45) is 0.426. The molecule has 26 heavy (non-hydrogen) atoms. The van der Waals surface area contributed by atoms with Crippen LogP contribution in [0.3, 0.4) is 0 Å². The Kier molecular flexibility index (Phi) is 3.57. The van der Waals surface area contributed by atoms with Gasteiger partial charge in [-0.1, -0.05) is 29.8 Å². The fourth-order valence-corrected chi connectivity index (χ4v) is 4.02. The van der Waals surface area contributed by atoms with Crippen LogP contribution < -0.4 is 10.5 Å². The topological polar surface area (TPSA) is 67.9 Å². The van der Waals surface area contributed by atoms with E-state index in [1.807, 2.05) is 56.3 Å². The second-order valence-electron chi connectivity index (χ2n) is 7.45. The second-order valence-corrected chi connectivity index (χ2v) is 7.89. The Morgan fingerprint density at radius 2 is 1.92 bits per heavy atom. The summed E-state index contributed by atoms with van der Waals surface area (Å²) < 4.78 is 6.13. The number of nitrogens with zero attached hydrogens (tertiary/aromatic N) is 2. The van der Waals surface area contributed by atoms with Crippen LogP contribution in [-0.4, -0.2) is 29.4 Å². The number of hydrogen-bond donors (Lipinski definition) is 1. The molecule has 134 valence electrons. The van der Waals surface area contributed by atoms with E-state index in [1.165, 1.54) is 4.90 Å². The van der Waals surface area contributed by atoms with E-state index < -0.39 is 11.1 Å². The smallest absolute Gasteiger partial charge is 0.261 e. The third kappa shape index (κ3) is 2.46. The monoisotopic (exact) mass is 369 g/mol. The van der Waals surface area contributed by atoms with E-state index in [-0.39, 0.29) is 11.9 Å². The molecule has 0 saturated carbocycles. The molecule has 0 radical (unpaired) electrons. The lowest BCUT2D eigenvalue weighted by atomic mass is 9.77. The molecule has 0 unspecified atom stereocenters. The highest BCUT2D eigenvalue weighted by atomic mass is 35.5. The molecule has 2 aliphatic rings. The maximum absolute atomic E-state index is 13.1. The predicted molar refractivity (Wildman–Crippen MR) is 102 cm³/mol. The van der Waals surface area contributed by atoms with E-state index in [0.29, 0.717) is 17.2 Å². The first-order chi connectivity index (χ1) is 12.2. The fourth-order valence-electron chi connectivity index (χ4n) is 3.83. The van der Waals surface area contributed by atoms with Crippen LogP contribution in [0.15, 0.2) is 47.5 Å². The molecule has 1 atom stereocenters. The fraction of sp³-hybridized carbons (Fsp3) is 0.300. The number of amides is 1. The molecule has 2 heterocycles. The van der Waals surface area contributed by atoms with Gasteiger partial charge in [0.05, 0.1) is 0 Å². The Bertz CT molecular complexity index is 954. The highest BCUT2D eigenvalue weighted by molar-refractivity contribution is 6.30. The summed E-state index contributed by atoms with van der Waals surface area (Å²) in [5, 5.41) is 0.659. The third-order valence-electron chi connectivity index (χ3n) is 4.96. The van der Waals surface area contributed by atoms with Crippen molar-refractivity contribution in [2.75, 3.05) is 7.05 Å². The van der Waals surface area contributed by atoms with E-state index in [1.54, 1.807) is 7.05 Å². The van der Waals surface area contributed by atoms with Gasteiger partial charge in [-0.3, -0.25) is 9.69 Å². The molecule has 2 aliphatic heterocycles. The average molecular weight is 370 g/mol. The maximum Gasteiger partial charge on any atom is 0.261 e. The molecule has 0 aromatic heterocycles. The van der Waals surface area contributed by atoms with Crippen LogP contribution in [0.1, 0.15) is 25.8 Å². The van der Waals surface area contributed by atoms with Crippen molar-refractivity contribution in [3.8, 4) is 16.9 Å². The minimum atomic E-state index is -1.05. The number of rotatable bonds is 1.